The van der Waals surface area contributed by atoms with Crippen molar-refractivity contribution in [3.63, 3.8) is 0 Å². The number of benzene rings is 1. The molecule has 0 spiro atoms. The fraction of sp³-hybridized carbons (Fsp3) is 0.348. The van der Waals surface area contributed by atoms with Crippen molar-refractivity contribution < 1.29 is 22.8 Å². The fourth-order valence-electron chi connectivity index (χ4n) is 3.89. The molecule has 3 N–H and O–H groups in total. The molecule has 2 amide bonds. The van der Waals surface area contributed by atoms with Gasteiger partial charge in [0.05, 0.1) is 5.69 Å². The number of pyridine rings is 1. The van der Waals surface area contributed by atoms with Gasteiger partial charge in [0.1, 0.15) is 5.69 Å². The van der Waals surface area contributed by atoms with Crippen LogP contribution in [0.3, 0.4) is 0 Å². The summed E-state index contributed by atoms with van der Waals surface area (Å²) in [5, 5.41) is 5.74. The Morgan fingerprint density at radius 1 is 1.09 bits per heavy atom. The molecule has 3 aromatic rings. The number of carbonyl (C=O) groups is 2. The first-order valence-corrected chi connectivity index (χ1v) is 10.9. The molecule has 1 aromatic carbocycles. The van der Waals surface area contributed by atoms with Crippen molar-refractivity contribution in [3.05, 3.63) is 48.3 Å². The molecule has 1 saturated heterocycles. The number of rotatable bonds is 5. The summed E-state index contributed by atoms with van der Waals surface area (Å²) in [7, 11) is 0. The van der Waals surface area contributed by atoms with Gasteiger partial charge in [0.2, 0.25) is 0 Å². The number of hydrogen-bond donors (Lipinski definition) is 3. The van der Waals surface area contributed by atoms with Crippen LogP contribution in [0, 0.1) is 0 Å². The van der Waals surface area contributed by atoms with Crippen molar-refractivity contribution in [2.75, 3.05) is 41.7 Å². The summed E-state index contributed by atoms with van der Waals surface area (Å²) in [6.07, 6.45) is -3.23. The van der Waals surface area contributed by atoms with Crippen LogP contribution in [0.1, 0.15) is 24.3 Å². The minimum atomic E-state index is -4.97. The highest BCUT2D eigenvalue weighted by Gasteiger charge is 2.38. The summed E-state index contributed by atoms with van der Waals surface area (Å²) in [5.41, 5.74) is 1.87. The highest BCUT2D eigenvalue weighted by atomic mass is 19.4. The van der Waals surface area contributed by atoms with E-state index >= 15 is 0 Å². The lowest BCUT2D eigenvalue weighted by Crippen LogP contribution is -2.49. The second-order valence-electron chi connectivity index (χ2n) is 8.39. The van der Waals surface area contributed by atoms with Crippen molar-refractivity contribution in [1.29, 1.82) is 0 Å². The largest absolute Gasteiger partial charge is 0.471 e. The van der Waals surface area contributed by atoms with Gasteiger partial charge in [0.15, 0.2) is 5.82 Å². The normalized spacial score (nSPS) is 14.5. The molecular weight excluding hydrogens is 449 g/mol. The maximum atomic E-state index is 13.0. The third kappa shape index (κ3) is 5.08. The molecule has 1 aliphatic heterocycles. The molecule has 2 aromatic heterocycles. The number of piperazine rings is 1. The van der Waals surface area contributed by atoms with Gasteiger partial charge in [-0.2, -0.15) is 13.2 Å². The van der Waals surface area contributed by atoms with Crippen LogP contribution in [0.5, 0.6) is 0 Å². The van der Waals surface area contributed by atoms with Gasteiger partial charge in [0.25, 0.3) is 5.91 Å². The number of hydrogen-bond acceptors (Lipinski definition) is 5. The zero-order valence-corrected chi connectivity index (χ0v) is 18.7. The lowest BCUT2D eigenvalue weighted by molar-refractivity contribution is -0.167. The Balaban J connectivity index is 1.43. The molecule has 3 heterocycles. The number of carbonyl (C=O) groups excluding carboxylic acids is 2. The van der Waals surface area contributed by atoms with Crippen LogP contribution in [-0.2, 0) is 4.79 Å². The standard InChI is InChI=1S/C23H25F3N6O2/c1-14(2)28-18-4-3-7-27-20(18)31-8-10-32(11-9-31)21(33)19-13-15-12-16(5-6-17(15)30-19)29-22(34)23(24,25)26/h3-7,12-14,28,30H,8-11H2,1-2H3,(H,29,34). The average Bonchev–Trinajstić information content (AvgIpc) is 3.21. The van der Waals surface area contributed by atoms with E-state index in [1.807, 2.05) is 17.4 Å². The molecule has 11 heteroatoms. The highest BCUT2D eigenvalue weighted by Crippen LogP contribution is 2.26. The quantitative estimate of drug-likeness (QED) is 0.523. The van der Waals surface area contributed by atoms with Crippen molar-refractivity contribution in [1.82, 2.24) is 14.9 Å². The number of anilines is 3. The molecule has 0 atom stereocenters. The molecular formula is C23H25F3N6O2. The van der Waals surface area contributed by atoms with Gasteiger partial charge in [-0.05, 0) is 50.2 Å². The molecule has 180 valence electrons. The van der Waals surface area contributed by atoms with Crippen molar-refractivity contribution in [3.8, 4) is 0 Å². The Bertz CT molecular complexity index is 1200. The van der Waals surface area contributed by atoms with Gasteiger partial charge < -0.3 is 25.4 Å². The van der Waals surface area contributed by atoms with Gasteiger partial charge in [0, 0.05) is 55.0 Å². The molecule has 0 unspecified atom stereocenters. The van der Waals surface area contributed by atoms with Gasteiger partial charge in [-0.3, -0.25) is 9.59 Å². The maximum Gasteiger partial charge on any atom is 0.471 e. The van der Waals surface area contributed by atoms with Gasteiger partial charge >= 0.3 is 12.1 Å². The summed E-state index contributed by atoms with van der Waals surface area (Å²) in [6.45, 7) is 6.34. The zero-order chi connectivity index (χ0) is 24.5. The molecule has 4 rings (SSSR count). The van der Waals surface area contributed by atoms with Crippen LogP contribution < -0.4 is 15.5 Å². The topological polar surface area (TPSA) is 93.4 Å². The van der Waals surface area contributed by atoms with E-state index in [1.54, 1.807) is 17.2 Å². The first-order valence-electron chi connectivity index (χ1n) is 10.9. The predicted molar refractivity (Wildman–Crippen MR) is 124 cm³/mol. The molecule has 34 heavy (non-hydrogen) atoms. The van der Waals surface area contributed by atoms with E-state index in [1.165, 1.54) is 18.2 Å². The lowest BCUT2D eigenvalue weighted by atomic mass is 10.2. The lowest BCUT2D eigenvalue weighted by Gasteiger charge is -2.36. The fourth-order valence-corrected chi connectivity index (χ4v) is 3.89. The molecule has 1 aliphatic rings. The Kier molecular flexibility index (Phi) is 6.36. The molecule has 0 aliphatic carbocycles. The first kappa shape index (κ1) is 23.4. The number of nitrogens with zero attached hydrogens (tertiary/aromatic N) is 3. The van der Waals surface area contributed by atoms with Crippen molar-refractivity contribution in [2.24, 2.45) is 0 Å². The summed E-state index contributed by atoms with van der Waals surface area (Å²) < 4.78 is 37.5. The smallest absolute Gasteiger partial charge is 0.380 e. The van der Waals surface area contributed by atoms with E-state index in [-0.39, 0.29) is 17.6 Å². The van der Waals surface area contributed by atoms with Crippen molar-refractivity contribution in [2.45, 2.75) is 26.1 Å². The van der Waals surface area contributed by atoms with Crippen LogP contribution in [0.4, 0.5) is 30.4 Å². The van der Waals surface area contributed by atoms with Crippen LogP contribution in [0.25, 0.3) is 10.9 Å². The Morgan fingerprint density at radius 3 is 2.50 bits per heavy atom. The van der Waals surface area contributed by atoms with E-state index < -0.39 is 12.1 Å². The van der Waals surface area contributed by atoms with Gasteiger partial charge in [-0.25, -0.2) is 4.98 Å². The number of aromatic amines is 1. The number of H-pyrrole nitrogens is 1. The number of nitrogens with one attached hydrogen (secondary N) is 3. The number of alkyl halides is 3. The molecule has 8 nitrogen and oxygen atoms in total. The second kappa shape index (κ2) is 9.24. The number of aromatic nitrogens is 2. The van der Waals surface area contributed by atoms with E-state index in [9.17, 15) is 22.8 Å². The Morgan fingerprint density at radius 2 is 1.82 bits per heavy atom. The monoisotopic (exact) mass is 474 g/mol. The van der Waals surface area contributed by atoms with Crippen LogP contribution in [0.15, 0.2) is 42.6 Å². The second-order valence-corrected chi connectivity index (χ2v) is 8.39. The first-order chi connectivity index (χ1) is 16.1. The van der Waals surface area contributed by atoms with E-state index in [2.05, 4.69) is 34.0 Å². The van der Waals surface area contributed by atoms with Crippen LogP contribution in [-0.4, -0.2) is 65.1 Å². The minimum absolute atomic E-state index is 0.00242. The summed E-state index contributed by atoms with van der Waals surface area (Å²) >= 11 is 0. The maximum absolute atomic E-state index is 13.0. The SMILES string of the molecule is CC(C)Nc1cccnc1N1CCN(C(=O)c2cc3cc(NC(=O)C(F)(F)F)ccc3[nH]2)CC1. The number of amides is 2. The van der Waals surface area contributed by atoms with Gasteiger partial charge in [-0.15, -0.1) is 0 Å². The molecule has 1 fully saturated rings. The van der Waals surface area contributed by atoms with E-state index in [0.717, 1.165) is 11.5 Å². The summed E-state index contributed by atoms with van der Waals surface area (Å²) in [5.74, 6) is -1.39. The Hall–Kier alpha value is -3.76. The predicted octanol–water partition coefficient (Wildman–Crippen LogP) is 3.85. The summed E-state index contributed by atoms with van der Waals surface area (Å²) in [6, 6.07) is 9.98. The van der Waals surface area contributed by atoms with E-state index in [0.29, 0.717) is 42.8 Å². The molecule has 0 bridgehead atoms. The molecule has 0 radical (unpaired) electrons. The highest BCUT2D eigenvalue weighted by molar-refractivity contribution is 6.00. The molecule has 0 saturated carbocycles. The third-order valence-electron chi connectivity index (χ3n) is 5.46. The number of fused-ring (bicyclic) bond motifs is 1. The summed E-state index contributed by atoms with van der Waals surface area (Å²) in [4.78, 5) is 35.6. The average molecular weight is 474 g/mol. The third-order valence-corrected chi connectivity index (χ3v) is 5.46. The van der Waals surface area contributed by atoms with Crippen LogP contribution >= 0.6 is 0 Å². The van der Waals surface area contributed by atoms with Crippen molar-refractivity contribution >= 4 is 39.9 Å². The van der Waals surface area contributed by atoms with E-state index in [4.69, 9.17) is 0 Å². The van der Waals surface area contributed by atoms with Crippen LogP contribution in [0.2, 0.25) is 0 Å². The number of halogens is 3. The minimum Gasteiger partial charge on any atom is -0.380 e. The zero-order valence-electron chi connectivity index (χ0n) is 18.7. The van der Waals surface area contributed by atoms with Gasteiger partial charge in [-0.1, -0.05) is 0 Å². The Labute approximate surface area is 194 Å².